The Kier molecular flexibility index (Phi) is 2.26. The topological polar surface area (TPSA) is 51.0 Å². The van der Waals surface area contributed by atoms with E-state index in [9.17, 15) is 4.79 Å². The molecule has 3 heterocycles. The van der Waals surface area contributed by atoms with E-state index in [1.165, 1.54) is 0 Å². The highest BCUT2D eigenvalue weighted by molar-refractivity contribution is 5.91. The smallest absolute Gasteiger partial charge is 0.248 e. The van der Waals surface area contributed by atoms with Crippen LogP contribution in [0.25, 0.3) is 0 Å². The molecule has 90 valence electrons. The molecule has 0 N–H and O–H groups in total. The summed E-state index contributed by atoms with van der Waals surface area (Å²) < 4.78 is 1.89. The standard InChI is InChI=1S/C13H12N4O/c1-16-12(18)4-5-13(16,17-8-7-15-10-17)11-3-2-6-14-9-11/h2-10H,1H3. The molecule has 0 bridgehead atoms. The molecule has 0 saturated carbocycles. The molecule has 3 rings (SSSR count). The van der Waals surface area contributed by atoms with Gasteiger partial charge in [-0.3, -0.25) is 9.78 Å². The Morgan fingerprint density at radius 3 is 2.72 bits per heavy atom. The molecule has 0 aromatic carbocycles. The highest BCUT2D eigenvalue weighted by Gasteiger charge is 2.42. The van der Waals surface area contributed by atoms with E-state index in [2.05, 4.69) is 9.97 Å². The summed E-state index contributed by atoms with van der Waals surface area (Å²) in [5.74, 6) is -0.0347. The molecule has 1 amide bonds. The number of rotatable bonds is 2. The largest absolute Gasteiger partial charge is 0.311 e. The maximum absolute atomic E-state index is 11.8. The van der Waals surface area contributed by atoms with Gasteiger partial charge >= 0.3 is 0 Å². The SMILES string of the molecule is CN1C(=O)C=CC1(c1cccnc1)n1ccnc1. The first kappa shape index (κ1) is 10.7. The third kappa shape index (κ3) is 1.30. The molecule has 1 aliphatic rings. The van der Waals surface area contributed by atoms with Crippen molar-refractivity contribution in [2.45, 2.75) is 5.66 Å². The molecule has 0 spiro atoms. The fourth-order valence-electron chi connectivity index (χ4n) is 2.32. The van der Waals surface area contributed by atoms with Gasteiger partial charge in [-0.15, -0.1) is 0 Å². The number of carbonyl (C=O) groups excluding carboxylic acids is 1. The number of aromatic nitrogens is 3. The maximum atomic E-state index is 11.8. The number of hydrogen-bond acceptors (Lipinski definition) is 3. The van der Waals surface area contributed by atoms with E-state index in [1.54, 1.807) is 42.9 Å². The summed E-state index contributed by atoms with van der Waals surface area (Å²) in [5.41, 5.74) is 0.259. The van der Waals surface area contributed by atoms with Gasteiger partial charge in [0.1, 0.15) is 0 Å². The van der Waals surface area contributed by atoms with Crippen molar-refractivity contribution in [1.82, 2.24) is 19.4 Å². The van der Waals surface area contributed by atoms with E-state index >= 15 is 0 Å². The second-order valence-corrected chi connectivity index (χ2v) is 4.17. The summed E-state index contributed by atoms with van der Waals surface area (Å²) in [6.07, 6.45) is 12.2. The average molecular weight is 240 g/mol. The van der Waals surface area contributed by atoms with Gasteiger partial charge in [0.2, 0.25) is 5.91 Å². The van der Waals surface area contributed by atoms with Crippen LogP contribution < -0.4 is 0 Å². The van der Waals surface area contributed by atoms with Crippen LogP contribution in [-0.4, -0.2) is 32.4 Å². The lowest BCUT2D eigenvalue weighted by Gasteiger charge is -2.36. The van der Waals surface area contributed by atoms with Crippen LogP contribution in [0.1, 0.15) is 5.56 Å². The van der Waals surface area contributed by atoms with Crippen LogP contribution in [-0.2, 0) is 10.5 Å². The van der Waals surface area contributed by atoms with Crippen molar-refractivity contribution in [3.8, 4) is 0 Å². The van der Waals surface area contributed by atoms with E-state index in [0.29, 0.717) is 0 Å². The van der Waals surface area contributed by atoms with Crippen molar-refractivity contribution in [1.29, 1.82) is 0 Å². The first-order valence-corrected chi connectivity index (χ1v) is 5.61. The normalized spacial score (nSPS) is 22.7. The van der Waals surface area contributed by atoms with Gasteiger partial charge in [-0.1, -0.05) is 6.07 Å². The number of amides is 1. The fourth-order valence-corrected chi connectivity index (χ4v) is 2.32. The van der Waals surface area contributed by atoms with Crippen LogP contribution >= 0.6 is 0 Å². The highest BCUT2D eigenvalue weighted by Crippen LogP contribution is 2.34. The minimum Gasteiger partial charge on any atom is -0.311 e. The van der Waals surface area contributed by atoms with E-state index < -0.39 is 5.66 Å². The van der Waals surface area contributed by atoms with Crippen LogP contribution in [0, 0.1) is 0 Å². The minimum atomic E-state index is -0.665. The van der Waals surface area contributed by atoms with Crippen LogP contribution in [0.15, 0.2) is 55.4 Å². The number of pyridine rings is 1. The van der Waals surface area contributed by atoms with E-state index in [1.807, 2.05) is 29.0 Å². The number of nitrogens with zero attached hydrogens (tertiary/aromatic N) is 4. The van der Waals surface area contributed by atoms with E-state index in [0.717, 1.165) is 5.56 Å². The molecule has 1 unspecified atom stereocenters. The average Bonchev–Trinajstić information content (AvgIpc) is 3.02. The number of carbonyl (C=O) groups is 1. The number of likely N-dealkylation sites (N-methyl/N-ethyl adjacent to an activating group) is 1. The molecule has 18 heavy (non-hydrogen) atoms. The van der Waals surface area contributed by atoms with Crippen molar-refractivity contribution in [2.75, 3.05) is 7.05 Å². The third-order valence-corrected chi connectivity index (χ3v) is 3.28. The molecule has 0 radical (unpaired) electrons. The predicted molar refractivity (Wildman–Crippen MR) is 65.5 cm³/mol. The molecule has 1 atom stereocenters. The lowest BCUT2D eigenvalue weighted by atomic mass is 10.0. The Morgan fingerprint density at radius 2 is 2.17 bits per heavy atom. The lowest BCUT2D eigenvalue weighted by Crippen LogP contribution is -2.46. The van der Waals surface area contributed by atoms with Gasteiger partial charge in [0.25, 0.3) is 0 Å². The fraction of sp³-hybridized carbons (Fsp3) is 0.154. The summed E-state index contributed by atoms with van der Waals surface area (Å²) in [4.78, 5) is 21.7. The quantitative estimate of drug-likeness (QED) is 0.787. The minimum absolute atomic E-state index is 0.0347. The number of hydrogen-bond donors (Lipinski definition) is 0. The molecule has 5 heteroatoms. The zero-order valence-corrected chi connectivity index (χ0v) is 9.89. The molecule has 5 nitrogen and oxygen atoms in total. The second-order valence-electron chi connectivity index (χ2n) is 4.17. The van der Waals surface area contributed by atoms with Gasteiger partial charge in [-0.2, -0.15) is 0 Å². The molecule has 2 aromatic rings. The summed E-state index contributed by atoms with van der Waals surface area (Å²) in [7, 11) is 1.77. The van der Waals surface area contributed by atoms with Crippen LogP contribution in [0.4, 0.5) is 0 Å². The molecule has 1 aliphatic heterocycles. The Labute approximate surface area is 104 Å². The summed E-state index contributed by atoms with van der Waals surface area (Å²) >= 11 is 0. The van der Waals surface area contributed by atoms with Gasteiger partial charge in [-0.25, -0.2) is 4.98 Å². The molecule has 2 aromatic heterocycles. The Balaban J connectivity index is 2.23. The predicted octanol–water partition coefficient (Wildman–Crippen LogP) is 1.01. The molecule has 0 fully saturated rings. The van der Waals surface area contributed by atoms with E-state index in [4.69, 9.17) is 0 Å². The van der Waals surface area contributed by atoms with Crippen molar-refractivity contribution in [3.63, 3.8) is 0 Å². The zero-order chi connectivity index (χ0) is 12.6. The summed E-state index contributed by atoms with van der Waals surface area (Å²) in [6, 6.07) is 3.81. The Morgan fingerprint density at radius 1 is 1.28 bits per heavy atom. The van der Waals surface area contributed by atoms with Gasteiger partial charge in [-0.05, 0) is 12.1 Å². The van der Waals surface area contributed by atoms with Crippen molar-refractivity contribution in [3.05, 3.63) is 61.0 Å². The molecular formula is C13H12N4O. The van der Waals surface area contributed by atoms with Gasteiger partial charge < -0.3 is 9.47 Å². The first-order valence-electron chi connectivity index (χ1n) is 5.61. The third-order valence-electron chi connectivity index (χ3n) is 3.28. The molecule has 0 aliphatic carbocycles. The summed E-state index contributed by atoms with van der Waals surface area (Å²) in [6.45, 7) is 0. The van der Waals surface area contributed by atoms with Gasteiger partial charge in [0.05, 0.1) is 6.33 Å². The molecule has 0 saturated heterocycles. The van der Waals surface area contributed by atoms with E-state index in [-0.39, 0.29) is 5.91 Å². The van der Waals surface area contributed by atoms with Crippen LogP contribution in [0.2, 0.25) is 0 Å². The molecular weight excluding hydrogens is 228 g/mol. The monoisotopic (exact) mass is 240 g/mol. The number of imidazole rings is 1. The van der Waals surface area contributed by atoms with Gasteiger partial charge in [0, 0.05) is 43.5 Å². The maximum Gasteiger partial charge on any atom is 0.248 e. The Bertz CT molecular complexity index is 591. The lowest BCUT2D eigenvalue weighted by molar-refractivity contribution is -0.128. The van der Waals surface area contributed by atoms with Crippen molar-refractivity contribution in [2.24, 2.45) is 0 Å². The summed E-state index contributed by atoms with van der Waals surface area (Å²) in [5, 5.41) is 0. The zero-order valence-electron chi connectivity index (χ0n) is 9.89. The van der Waals surface area contributed by atoms with Crippen LogP contribution in [0.3, 0.4) is 0 Å². The van der Waals surface area contributed by atoms with Gasteiger partial charge in [0.15, 0.2) is 5.66 Å². The van der Waals surface area contributed by atoms with Crippen molar-refractivity contribution < 1.29 is 4.79 Å². The second kappa shape index (κ2) is 3.80. The van der Waals surface area contributed by atoms with Crippen LogP contribution in [0.5, 0.6) is 0 Å². The Hall–Kier alpha value is -2.43. The van der Waals surface area contributed by atoms with Crippen molar-refractivity contribution >= 4 is 5.91 Å². The first-order chi connectivity index (χ1) is 8.75. The highest BCUT2D eigenvalue weighted by atomic mass is 16.2.